The summed E-state index contributed by atoms with van der Waals surface area (Å²) < 4.78 is 11.6. The third-order valence-corrected chi connectivity index (χ3v) is 7.29. The molecule has 0 bridgehead atoms. The maximum atomic E-state index is 13.2. The van der Waals surface area contributed by atoms with Crippen molar-refractivity contribution in [3.8, 4) is 5.06 Å². The van der Waals surface area contributed by atoms with Gasteiger partial charge >= 0.3 is 6.09 Å². The van der Waals surface area contributed by atoms with Gasteiger partial charge in [-0.15, -0.1) is 0 Å². The van der Waals surface area contributed by atoms with Gasteiger partial charge in [-0.2, -0.15) is 0 Å². The number of benzene rings is 1. The number of thiophene rings is 1. The molecule has 3 heterocycles. The van der Waals surface area contributed by atoms with Crippen LogP contribution in [0.2, 0.25) is 0 Å². The van der Waals surface area contributed by atoms with Crippen molar-refractivity contribution in [3.63, 3.8) is 0 Å². The predicted molar refractivity (Wildman–Crippen MR) is 128 cm³/mol. The summed E-state index contributed by atoms with van der Waals surface area (Å²) in [4.78, 5) is 25.7. The Hall–Kier alpha value is -2.14. The molecular weight excluding hydrogens is 496 g/mol. The van der Waals surface area contributed by atoms with Crippen LogP contribution in [0.3, 0.4) is 0 Å². The summed E-state index contributed by atoms with van der Waals surface area (Å²) in [6.45, 7) is 4.53. The first kappa shape index (κ1) is 23.0. The average molecular weight is 523 g/mol. The number of hydrogen-bond acceptors (Lipinski definition) is 7. The van der Waals surface area contributed by atoms with Gasteiger partial charge < -0.3 is 25.1 Å². The molecule has 0 aliphatic carbocycles. The molecule has 1 unspecified atom stereocenters. The topological polar surface area (TPSA) is 83.1 Å². The standard InChI is InChI=1S/C22H27BrN4O4S/c1-15-13-16(5-6-17(15)27-11-4-3-10-26(27)2)24-20(28)22(9-12-30-14-22)25-21(29)31-19-8-7-18(23)32-19/h5-8,13H,3-4,9-12,14H2,1-2H3,(H,24,28)(H,25,29). The SMILES string of the molecule is Cc1cc(NC(=O)C2(NC(=O)Oc3ccc(Br)s3)CCOC2)ccc1N1CCCCN1C. The number of amides is 2. The predicted octanol–water partition coefficient (Wildman–Crippen LogP) is 4.15. The van der Waals surface area contributed by atoms with Crippen LogP contribution in [-0.4, -0.2) is 55.9 Å². The fraction of sp³-hybridized carbons (Fsp3) is 0.455. The van der Waals surface area contributed by atoms with E-state index in [2.05, 4.69) is 43.6 Å². The van der Waals surface area contributed by atoms with Gasteiger partial charge in [-0.05, 0) is 71.6 Å². The van der Waals surface area contributed by atoms with E-state index in [1.807, 2.05) is 25.1 Å². The van der Waals surface area contributed by atoms with Crippen molar-refractivity contribution in [3.05, 3.63) is 39.7 Å². The molecule has 172 valence electrons. The highest BCUT2D eigenvalue weighted by Gasteiger charge is 2.44. The first-order chi connectivity index (χ1) is 15.4. The van der Waals surface area contributed by atoms with E-state index < -0.39 is 11.6 Å². The number of hydrazine groups is 1. The molecule has 2 fully saturated rings. The molecule has 1 aromatic carbocycles. The molecule has 32 heavy (non-hydrogen) atoms. The molecule has 0 radical (unpaired) electrons. The number of hydrogen-bond donors (Lipinski definition) is 2. The number of carbonyl (C=O) groups is 2. The first-order valence-electron chi connectivity index (χ1n) is 10.6. The van der Waals surface area contributed by atoms with Gasteiger partial charge in [0.1, 0.15) is 5.54 Å². The second kappa shape index (κ2) is 9.78. The molecule has 2 N–H and O–H groups in total. The molecule has 1 atom stereocenters. The van der Waals surface area contributed by atoms with Crippen molar-refractivity contribution in [2.24, 2.45) is 0 Å². The number of halogens is 1. The number of carbonyl (C=O) groups excluding carboxylic acids is 2. The largest absolute Gasteiger partial charge is 0.414 e. The zero-order valence-corrected chi connectivity index (χ0v) is 20.6. The molecule has 1 aromatic heterocycles. The Morgan fingerprint density at radius 2 is 2.03 bits per heavy atom. The summed E-state index contributed by atoms with van der Waals surface area (Å²) in [5.41, 5.74) is 1.71. The summed E-state index contributed by atoms with van der Waals surface area (Å²) in [6.07, 6.45) is 2.05. The molecule has 2 aromatic rings. The van der Waals surface area contributed by atoms with Crippen LogP contribution < -0.4 is 20.4 Å². The minimum absolute atomic E-state index is 0.0949. The molecule has 8 nitrogen and oxygen atoms in total. The quantitative estimate of drug-likeness (QED) is 0.613. The molecule has 4 rings (SSSR count). The molecule has 2 aliphatic rings. The fourth-order valence-electron chi connectivity index (χ4n) is 4.04. The Morgan fingerprint density at radius 3 is 2.69 bits per heavy atom. The molecule has 2 aliphatic heterocycles. The number of ether oxygens (including phenoxy) is 2. The third kappa shape index (κ3) is 5.09. The van der Waals surface area contributed by atoms with Crippen LogP contribution in [0.25, 0.3) is 0 Å². The minimum Gasteiger partial charge on any atom is -0.399 e. The van der Waals surface area contributed by atoms with Gasteiger partial charge in [0.25, 0.3) is 5.91 Å². The smallest absolute Gasteiger partial charge is 0.399 e. The van der Waals surface area contributed by atoms with E-state index in [-0.39, 0.29) is 12.5 Å². The van der Waals surface area contributed by atoms with E-state index >= 15 is 0 Å². The average Bonchev–Trinajstić information content (AvgIpc) is 3.38. The number of nitrogens with zero attached hydrogens (tertiary/aromatic N) is 2. The second-order valence-corrected chi connectivity index (χ2v) is 10.6. The van der Waals surface area contributed by atoms with Crippen LogP contribution in [-0.2, 0) is 9.53 Å². The van der Waals surface area contributed by atoms with E-state index in [9.17, 15) is 9.59 Å². The summed E-state index contributed by atoms with van der Waals surface area (Å²) in [5.74, 6) is -0.318. The van der Waals surface area contributed by atoms with E-state index in [0.29, 0.717) is 23.8 Å². The second-order valence-electron chi connectivity index (χ2n) is 8.12. The number of nitrogens with one attached hydrogen (secondary N) is 2. The Bertz CT molecular complexity index is 992. The van der Waals surface area contributed by atoms with Crippen LogP contribution in [0.1, 0.15) is 24.8 Å². The first-order valence-corrected chi connectivity index (χ1v) is 12.2. The number of anilines is 2. The van der Waals surface area contributed by atoms with Gasteiger partial charge in [-0.1, -0.05) is 11.3 Å². The fourth-order valence-corrected chi connectivity index (χ4v) is 5.23. The lowest BCUT2D eigenvalue weighted by atomic mass is 9.97. The van der Waals surface area contributed by atoms with Gasteiger partial charge in [-0.25, -0.2) is 9.80 Å². The van der Waals surface area contributed by atoms with Crippen molar-refractivity contribution in [2.75, 3.05) is 43.7 Å². The molecule has 2 amide bonds. The van der Waals surface area contributed by atoms with Crippen molar-refractivity contribution in [2.45, 2.75) is 31.7 Å². The van der Waals surface area contributed by atoms with Crippen molar-refractivity contribution >= 4 is 50.6 Å². The lowest BCUT2D eigenvalue weighted by molar-refractivity contribution is -0.122. The zero-order valence-electron chi connectivity index (χ0n) is 18.2. The molecule has 2 saturated heterocycles. The Kier molecular flexibility index (Phi) is 7.04. The van der Waals surface area contributed by atoms with Gasteiger partial charge in [-0.3, -0.25) is 4.79 Å². The Morgan fingerprint density at radius 1 is 1.22 bits per heavy atom. The van der Waals surface area contributed by atoms with Crippen LogP contribution in [0.5, 0.6) is 5.06 Å². The molecular formula is C22H27BrN4O4S. The zero-order chi connectivity index (χ0) is 22.7. The number of aryl methyl sites for hydroxylation is 1. The van der Waals surface area contributed by atoms with Gasteiger partial charge in [0.2, 0.25) is 0 Å². The lowest BCUT2D eigenvalue weighted by Crippen LogP contribution is -2.58. The Balaban J connectivity index is 1.44. The molecule has 0 spiro atoms. The summed E-state index contributed by atoms with van der Waals surface area (Å²) in [7, 11) is 2.10. The van der Waals surface area contributed by atoms with Crippen molar-refractivity contribution in [1.82, 2.24) is 10.3 Å². The van der Waals surface area contributed by atoms with Crippen molar-refractivity contribution in [1.29, 1.82) is 0 Å². The van der Waals surface area contributed by atoms with Crippen LogP contribution in [0, 0.1) is 6.92 Å². The van der Waals surface area contributed by atoms with Crippen molar-refractivity contribution < 1.29 is 19.1 Å². The summed E-state index contributed by atoms with van der Waals surface area (Å²) in [6, 6.07) is 9.37. The van der Waals surface area contributed by atoms with E-state index in [1.165, 1.54) is 17.8 Å². The molecule has 0 saturated carbocycles. The van der Waals surface area contributed by atoms with Gasteiger partial charge in [0.05, 0.1) is 16.1 Å². The van der Waals surface area contributed by atoms with Crippen LogP contribution >= 0.6 is 27.3 Å². The highest BCUT2D eigenvalue weighted by atomic mass is 79.9. The van der Waals surface area contributed by atoms with Crippen LogP contribution in [0.15, 0.2) is 34.1 Å². The third-order valence-electron chi connectivity index (χ3n) is 5.79. The monoisotopic (exact) mass is 522 g/mol. The highest BCUT2D eigenvalue weighted by molar-refractivity contribution is 9.11. The van der Waals surface area contributed by atoms with E-state index in [0.717, 1.165) is 34.5 Å². The lowest BCUT2D eigenvalue weighted by Gasteiger charge is -2.38. The number of rotatable bonds is 5. The summed E-state index contributed by atoms with van der Waals surface area (Å²) >= 11 is 4.63. The van der Waals surface area contributed by atoms with E-state index in [4.69, 9.17) is 9.47 Å². The maximum absolute atomic E-state index is 13.2. The minimum atomic E-state index is -1.18. The molecule has 10 heteroatoms. The van der Waals surface area contributed by atoms with Gasteiger partial charge in [0.15, 0.2) is 5.06 Å². The van der Waals surface area contributed by atoms with E-state index in [1.54, 1.807) is 12.1 Å². The Labute approximate surface area is 200 Å². The van der Waals surface area contributed by atoms with Crippen LogP contribution in [0.4, 0.5) is 16.2 Å². The maximum Gasteiger partial charge on any atom is 0.414 e. The van der Waals surface area contributed by atoms with Gasteiger partial charge in [0, 0.05) is 38.9 Å². The summed E-state index contributed by atoms with van der Waals surface area (Å²) in [5, 5.41) is 10.6. The highest BCUT2D eigenvalue weighted by Crippen LogP contribution is 2.30. The normalized spacial score (nSPS) is 21.4.